The van der Waals surface area contributed by atoms with E-state index < -0.39 is 17.2 Å². The Bertz CT molecular complexity index is 741. The quantitative estimate of drug-likeness (QED) is 0.290. The number of nitrogens with one attached hydrogen (secondary N) is 4. The van der Waals surface area contributed by atoms with Crippen LogP contribution in [-0.2, 0) is 4.74 Å². The smallest absolute Gasteiger partial charge is 0.408 e. The van der Waals surface area contributed by atoms with Crippen molar-refractivity contribution < 1.29 is 19.1 Å². The molecule has 0 spiro atoms. The molecule has 30 heavy (non-hydrogen) atoms. The van der Waals surface area contributed by atoms with Gasteiger partial charge < -0.3 is 30.7 Å². The van der Waals surface area contributed by atoms with Crippen LogP contribution in [0.3, 0.4) is 0 Å². The molecule has 4 N–H and O–H groups in total. The maximum Gasteiger partial charge on any atom is 0.408 e. The zero-order valence-corrected chi connectivity index (χ0v) is 19.0. The third kappa shape index (κ3) is 9.99. The molecule has 9 heteroatoms. The number of methoxy groups -OCH3 is 1. The van der Waals surface area contributed by atoms with E-state index in [1.165, 1.54) is 0 Å². The summed E-state index contributed by atoms with van der Waals surface area (Å²) in [4.78, 5) is 28.3. The molecule has 0 atom stereocenters. The van der Waals surface area contributed by atoms with Crippen LogP contribution in [0.25, 0.3) is 0 Å². The fourth-order valence-corrected chi connectivity index (χ4v) is 2.37. The Kier molecular flexibility index (Phi) is 9.42. The minimum Gasteiger partial charge on any atom is -0.497 e. The number of hydrogen-bond acceptors (Lipinski definition) is 5. The first-order chi connectivity index (χ1) is 14.0. The summed E-state index contributed by atoms with van der Waals surface area (Å²) in [7, 11) is 3.21. The number of hydrogen-bond donors (Lipinski definition) is 4. The molecule has 1 aromatic rings. The summed E-state index contributed by atoms with van der Waals surface area (Å²) in [6.07, 6.45) is -0.475. The molecule has 0 radical (unpaired) electrons. The number of benzene rings is 1. The van der Waals surface area contributed by atoms with Crippen molar-refractivity contribution in [3.63, 3.8) is 0 Å². The number of alkyl carbamates (subject to hydrolysis) is 1. The summed E-state index contributed by atoms with van der Waals surface area (Å²) >= 11 is 0. The fraction of sp³-hybridized carbons (Fsp3) is 0.571. The van der Waals surface area contributed by atoms with Crippen LogP contribution in [0.5, 0.6) is 5.75 Å². The average molecular weight is 422 g/mol. The highest BCUT2D eigenvalue weighted by atomic mass is 16.6. The Morgan fingerprint density at radius 1 is 1.03 bits per heavy atom. The SMILES string of the molecule is CN=C(NCCNC(=O)c1cccc(OC)c1)NCC(C)(C)NC(=O)OC(C)(C)C. The highest BCUT2D eigenvalue weighted by molar-refractivity contribution is 5.94. The topological polar surface area (TPSA) is 113 Å². The van der Waals surface area contributed by atoms with Crippen LogP contribution in [0.4, 0.5) is 4.79 Å². The molecule has 0 aromatic heterocycles. The summed E-state index contributed by atoms with van der Waals surface area (Å²) in [6, 6.07) is 6.96. The van der Waals surface area contributed by atoms with Gasteiger partial charge in [0.15, 0.2) is 5.96 Å². The second-order valence-electron chi connectivity index (χ2n) is 8.35. The van der Waals surface area contributed by atoms with E-state index in [1.807, 2.05) is 34.6 Å². The minimum absolute atomic E-state index is 0.179. The number of carbonyl (C=O) groups is 2. The highest BCUT2D eigenvalue weighted by Gasteiger charge is 2.24. The maximum atomic E-state index is 12.2. The molecule has 0 heterocycles. The average Bonchev–Trinajstić information content (AvgIpc) is 2.65. The van der Waals surface area contributed by atoms with Gasteiger partial charge in [0.1, 0.15) is 11.4 Å². The van der Waals surface area contributed by atoms with Crippen LogP contribution in [0.15, 0.2) is 29.3 Å². The minimum atomic E-state index is -0.555. The molecule has 0 aliphatic carbocycles. The van der Waals surface area contributed by atoms with Crippen molar-refractivity contribution in [2.24, 2.45) is 4.99 Å². The van der Waals surface area contributed by atoms with E-state index in [9.17, 15) is 9.59 Å². The van der Waals surface area contributed by atoms with E-state index in [0.717, 1.165) is 0 Å². The summed E-state index contributed by atoms with van der Waals surface area (Å²) in [6.45, 7) is 10.5. The third-order valence-corrected chi connectivity index (χ3v) is 3.80. The van der Waals surface area contributed by atoms with Crippen LogP contribution in [0.1, 0.15) is 45.0 Å². The van der Waals surface area contributed by atoms with Gasteiger partial charge in [-0.15, -0.1) is 0 Å². The van der Waals surface area contributed by atoms with Gasteiger partial charge in [0.2, 0.25) is 0 Å². The van der Waals surface area contributed by atoms with Crippen LogP contribution in [0.2, 0.25) is 0 Å². The number of nitrogens with zero attached hydrogens (tertiary/aromatic N) is 1. The standard InChI is InChI=1S/C21H35N5O4/c1-20(2,3)30-19(28)26-21(4,5)14-25-18(22-6)24-12-11-23-17(27)15-9-8-10-16(13-15)29-7/h8-10,13H,11-12,14H2,1-7H3,(H,23,27)(H,26,28)(H2,22,24,25). The molecule has 2 amide bonds. The van der Waals surface area contributed by atoms with Crippen LogP contribution in [-0.4, -0.2) is 62.9 Å². The van der Waals surface area contributed by atoms with Gasteiger partial charge in [-0.3, -0.25) is 9.79 Å². The van der Waals surface area contributed by atoms with E-state index in [2.05, 4.69) is 26.3 Å². The Labute approximate surface area is 179 Å². The number of aliphatic imine (C=N–C) groups is 1. The molecule has 0 saturated carbocycles. The fourth-order valence-electron chi connectivity index (χ4n) is 2.37. The lowest BCUT2D eigenvalue weighted by molar-refractivity contribution is 0.0473. The Morgan fingerprint density at radius 2 is 1.70 bits per heavy atom. The lowest BCUT2D eigenvalue weighted by Crippen LogP contribution is -2.54. The van der Waals surface area contributed by atoms with Crippen molar-refractivity contribution in [2.45, 2.75) is 45.8 Å². The van der Waals surface area contributed by atoms with E-state index in [-0.39, 0.29) is 5.91 Å². The largest absolute Gasteiger partial charge is 0.497 e. The lowest BCUT2D eigenvalue weighted by atomic mass is 10.1. The third-order valence-electron chi connectivity index (χ3n) is 3.80. The lowest BCUT2D eigenvalue weighted by Gasteiger charge is -2.29. The van der Waals surface area contributed by atoms with Crippen molar-refractivity contribution in [3.05, 3.63) is 29.8 Å². The van der Waals surface area contributed by atoms with Gasteiger partial charge in [-0.05, 0) is 52.8 Å². The molecular weight excluding hydrogens is 386 g/mol. The number of guanidine groups is 1. The molecule has 0 aliphatic heterocycles. The number of ether oxygens (including phenoxy) is 2. The summed E-state index contributed by atoms with van der Waals surface area (Å²) in [5, 5.41) is 11.9. The normalized spacial score (nSPS) is 12.0. The van der Waals surface area contributed by atoms with Gasteiger partial charge in [0.05, 0.1) is 12.6 Å². The number of amides is 2. The van der Waals surface area contributed by atoms with Crippen molar-refractivity contribution in [2.75, 3.05) is 33.8 Å². The summed E-state index contributed by atoms with van der Waals surface area (Å²) in [5.74, 6) is 1.01. The van der Waals surface area contributed by atoms with Gasteiger partial charge >= 0.3 is 6.09 Å². The van der Waals surface area contributed by atoms with Crippen molar-refractivity contribution in [1.29, 1.82) is 0 Å². The monoisotopic (exact) mass is 421 g/mol. The van der Waals surface area contributed by atoms with Crippen molar-refractivity contribution in [1.82, 2.24) is 21.3 Å². The van der Waals surface area contributed by atoms with Crippen molar-refractivity contribution >= 4 is 18.0 Å². The predicted molar refractivity (Wildman–Crippen MR) is 118 cm³/mol. The number of rotatable bonds is 8. The first-order valence-corrected chi connectivity index (χ1v) is 9.84. The molecule has 0 fully saturated rings. The number of carbonyl (C=O) groups excluding carboxylic acids is 2. The molecule has 9 nitrogen and oxygen atoms in total. The molecule has 1 rings (SSSR count). The summed E-state index contributed by atoms with van der Waals surface area (Å²) in [5.41, 5.74) is -0.576. The van der Waals surface area contributed by atoms with Crippen LogP contribution in [0, 0.1) is 0 Å². The first-order valence-electron chi connectivity index (χ1n) is 9.84. The summed E-state index contributed by atoms with van der Waals surface area (Å²) < 4.78 is 10.4. The predicted octanol–water partition coefficient (Wildman–Crippen LogP) is 1.89. The zero-order chi connectivity index (χ0) is 22.8. The van der Waals surface area contributed by atoms with Crippen molar-refractivity contribution in [3.8, 4) is 5.75 Å². The molecule has 168 valence electrons. The second kappa shape index (κ2) is 11.3. The van der Waals surface area contributed by atoms with Gasteiger partial charge in [-0.25, -0.2) is 4.79 Å². The van der Waals surface area contributed by atoms with E-state index >= 15 is 0 Å². The maximum absolute atomic E-state index is 12.2. The van der Waals surface area contributed by atoms with Gasteiger partial charge in [-0.1, -0.05) is 6.07 Å². The molecular formula is C21H35N5O4. The Hall–Kier alpha value is -2.97. The Morgan fingerprint density at radius 3 is 2.30 bits per heavy atom. The first kappa shape index (κ1) is 25.1. The van der Waals surface area contributed by atoms with E-state index in [1.54, 1.807) is 38.4 Å². The van der Waals surface area contributed by atoms with E-state index in [0.29, 0.717) is 36.9 Å². The van der Waals surface area contributed by atoms with Crippen LogP contribution >= 0.6 is 0 Å². The Balaban J connectivity index is 2.38. The van der Waals surface area contributed by atoms with Gasteiger partial charge in [0, 0.05) is 32.2 Å². The molecule has 0 saturated heterocycles. The van der Waals surface area contributed by atoms with Crippen LogP contribution < -0.4 is 26.0 Å². The zero-order valence-electron chi connectivity index (χ0n) is 19.0. The van der Waals surface area contributed by atoms with E-state index in [4.69, 9.17) is 9.47 Å². The molecule has 0 aliphatic rings. The molecule has 1 aromatic carbocycles. The highest BCUT2D eigenvalue weighted by Crippen LogP contribution is 2.12. The molecule has 0 unspecified atom stereocenters. The van der Waals surface area contributed by atoms with Gasteiger partial charge in [-0.2, -0.15) is 0 Å². The van der Waals surface area contributed by atoms with Gasteiger partial charge in [0.25, 0.3) is 5.91 Å². The molecule has 0 bridgehead atoms. The second-order valence-corrected chi connectivity index (χ2v) is 8.35.